The number of carbonyl (C=O) groups excluding carboxylic acids is 1. The van der Waals surface area contributed by atoms with Gasteiger partial charge < -0.3 is 9.64 Å². The van der Waals surface area contributed by atoms with E-state index in [0.717, 1.165) is 0 Å². The van der Waals surface area contributed by atoms with Crippen molar-refractivity contribution in [1.82, 2.24) is 19.4 Å². The first-order valence-electron chi connectivity index (χ1n) is 12.4. The average molecular weight is 551 g/mol. The van der Waals surface area contributed by atoms with Crippen LogP contribution in [0.15, 0.2) is 71.5 Å². The highest BCUT2D eigenvalue weighted by atomic mass is 35.5. The molecule has 2 heterocycles. The van der Waals surface area contributed by atoms with E-state index in [1.807, 2.05) is 61.2 Å². The van der Waals surface area contributed by atoms with Gasteiger partial charge in [-0.3, -0.25) is 19.1 Å². The minimum atomic E-state index is -0.207. The van der Waals surface area contributed by atoms with Crippen LogP contribution in [0.1, 0.15) is 36.1 Å². The van der Waals surface area contributed by atoms with E-state index < -0.39 is 0 Å². The average Bonchev–Trinajstić information content (AvgIpc) is 2.93. The summed E-state index contributed by atoms with van der Waals surface area (Å²) in [4.78, 5) is 36.1. The van der Waals surface area contributed by atoms with Crippen molar-refractivity contribution < 1.29 is 9.53 Å². The number of rotatable bonds is 5. The zero-order valence-electron chi connectivity index (χ0n) is 21.4. The number of para-hydroxylation sites is 3. The van der Waals surface area contributed by atoms with Crippen molar-refractivity contribution in [3.8, 4) is 11.4 Å². The number of fused-ring (bicyclic) bond motifs is 1. The summed E-state index contributed by atoms with van der Waals surface area (Å²) < 4.78 is 7.26. The quantitative estimate of drug-likeness (QED) is 0.323. The Morgan fingerprint density at radius 2 is 1.76 bits per heavy atom. The van der Waals surface area contributed by atoms with E-state index >= 15 is 0 Å². The number of nitrogens with zero attached hydrogens (tertiary/aromatic N) is 4. The van der Waals surface area contributed by atoms with Gasteiger partial charge in [-0.1, -0.05) is 47.5 Å². The fourth-order valence-corrected chi connectivity index (χ4v) is 5.37. The van der Waals surface area contributed by atoms with Gasteiger partial charge in [0.15, 0.2) is 0 Å². The molecule has 0 saturated carbocycles. The van der Waals surface area contributed by atoms with Crippen molar-refractivity contribution in [2.75, 3.05) is 26.7 Å². The SMILES string of the molecule is COc1ccccc1-n1c(C(C)N2CCN(C(=O)c3ccc(Cl)c(Cl)c3)C(C)C2)nc2ccccc2c1=O. The van der Waals surface area contributed by atoms with Gasteiger partial charge >= 0.3 is 0 Å². The molecule has 0 spiro atoms. The Kier molecular flexibility index (Phi) is 7.43. The maximum Gasteiger partial charge on any atom is 0.266 e. The molecular formula is C29H28Cl2N4O3. The maximum absolute atomic E-state index is 13.8. The summed E-state index contributed by atoms with van der Waals surface area (Å²) in [6.07, 6.45) is 0. The van der Waals surface area contributed by atoms with Crippen molar-refractivity contribution in [2.45, 2.75) is 25.9 Å². The molecule has 1 aliphatic rings. The van der Waals surface area contributed by atoms with E-state index in [1.54, 1.807) is 35.9 Å². The van der Waals surface area contributed by atoms with Crippen molar-refractivity contribution in [3.05, 3.63) is 98.5 Å². The van der Waals surface area contributed by atoms with Gasteiger partial charge in [-0.25, -0.2) is 4.98 Å². The number of halogens is 2. The topological polar surface area (TPSA) is 67.7 Å². The molecular weight excluding hydrogens is 523 g/mol. The molecule has 1 aliphatic heterocycles. The number of hydrogen-bond acceptors (Lipinski definition) is 5. The van der Waals surface area contributed by atoms with Crippen LogP contribution in [-0.2, 0) is 0 Å². The van der Waals surface area contributed by atoms with Gasteiger partial charge in [-0.2, -0.15) is 0 Å². The Labute approximate surface area is 231 Å². The molecule has 9 heteroatoms. The second-order valence-corrected chi connectivity index (χ2v) is 10.3. The highest BCUT2D eigenvalue weighted by molar-refractivity contribution is 6.42. The Morgan fingerprint density at radius 3 is 2.50 bits per heavy atom. The molecule has 2 atom stereocenters. The fourth-order valence-electron chi connectivity index (χ4n) is 5.08. The van der Waals surface area contributed by atoms with Gasteiger partial charge in [0.25, 0.3) is 11.5 Å². The van der Waals surface area contributed by atoms with Gasteiger partial charge in [-0.05, 0) is 56.3 Å². The zero-order valence-corrected chi connectivity index (χ0v) is 22.9. The lowest BCUT2D eigenvalue weighted by atomic mass is 10.1. The van der Waals surface area contributed by atoms with Crippen LogP contribution < -0.4 is 10.3 Å². The summed E-state index contributed by atoms with van der Waals surface area (Å²) in [5.41, 5.74) is 1.64. The standard InChI is InChI=1S/C29H28Cl2N4O3/c1-18-17-33(14-15-34(18)28(36)20-12-13-22(30)23(31)16-20)19(2)27-32-24-9-5-4-8-21(24)29(37)35(27)25-10-6-7-11-26(25)38-3/h4-13,16,18-19H,14-15,17H2,1-3H3. The largest absolute Gasteiger partial charge is 0.495 e. The van der Waals surface area contributed by atoms with Gasteiger partial charge in [0, 0.05) is 31.2 Å². The molecule has 0 aliphatic carbocycles. The number of benzene rings is 3. The molecule has 3 aromatic carbocycles. The Balaban J connectivity index is 1.49. The molecule has 7 nitrogen and oxygen atoms in total. The summed E-state index contributed by atoms with van der Waals surface area (Å²) >= 11 is 12.2. The molecule has 1 amide bonds. The van der Waals surface area contributed by atoms with E-state index in [2.05, 4.69) is 4.90 Å². The lowest BCUT2D eigenvalue weighted by molar-refractivity contribution is 0.0394. The van der Waals surface area contributed by atoms with Crippen LogP contribution >= 0.6 is 23.2 Å². The van der Waals surface area contributed by atoms with E-state index in [-0.39, 0.29) is 23.6 Å². The van der Waals surface area contributed by atoms with E-state index in [4.69, 9.17) is 32.9 Å². The number of amides is 1. The van der Waals surface area contributed by atoms with Crippen LogP contribution in [-0.4, -0.2) is 58.0 Å². The summed E-state index contributed by atoms with van der Waals surface area (Å²) in [5, 5.41) is 1.31. The van der Waals surface area contributed by atoms with E-state index in [9.17, 15) is 9.59 Å². The summed E-state index contributed by atoms with van der Waals surface area (Å²) in [6.45, 7) is 5.83. The fraction of sp³-hybridized carbons (Fsp3) is 0.276. The molecule has 1 aromatic heterocycles. The van der Waals surface area contributed by atoms with E-state index in [0.29, 0.717) is 63.4 Å². The van der Waals surface area contributed by atoms with Crippen molar-refractivity contribution in [2.24, 2.45) is 0 Å². The molecule has 5 rings (SSSR count). The second-order valence-electron chi connectivity index (χ2n) is 9.45. The predicted molar refractivity (Wildman–Crippen MR) is 151 cm³/mol. The van der Waals surface area contributed by atoms with Gasteiger partial charge in [0.2, 0.25) is 0 Å². The number of carbonyl (C=O) groups is 1. The highest BCUT2D eigenvalue weighted by Crippen LogP contribution is 2.30. The van der Waals surface area contributed by atoms with Crippen molar-refractivity contribution in [3.63, 3.8) is 0 Å². The summed E-state index contributed by atoms with van der Waals surface area (Å²) in [7, 11) is 1.59. The third-order valence-corrected chi connectivity index (χ3v) is 7.87. The normalized spacial score (nSPS) is 17.0. The number of methoxy groups -OCH3 is 1. The monoisotopic (exact) mass is 550 g/mol. The zero-order chi connectivity index (χ0) is 27.0. The minimum Gasteiger partial charge on any atom is -0.495 e. The Hall–Kier alpha value is -3.39. The molecule has 4 aromatic rings. The third kappa shape index (κ3) is 4.77. The molecule has 0 N–H and O–H groups in total. The third-order valence-electron chi connectivity index (χ3n) is 7.14. The number of piperazine rings is 1. The highest BCUT2D eigenvalue weighted by Gasteiger charge is 2.33. The van der Waals surface area contributed by atoms with Gasteiger partial charge in [0.1, 0.15) is 11.6 Å². The molecule has 196 valence electrons. The molecule has 0 radical (unpaired) electrons. The lowest BCUT2D eigenvalue weighted by Crippen LogP contribution is -2.54. The smallest absolute Gasteiger partial charge is 0.266 e. The van der Waals surface area contributed by atoms with Gasteiger partial charge in [-0.15, -0.1) is 0 Å². The van der Waals surface area contributed by atoms with Crippen molar-refractivity contribution >= 4 is 40.0 Å². The maximum atomic E-state index is 13.8. The molecule has 1 saturated heterocycles. The van der Waals surface area contributed by atoms with E-state index in [1.165, 1.54) is 0 Å². The number of hydrogen-bond donors (Lipinski definition) is 0. The van der Waals surface area contributed by atoms with Gasteiger partial charge in [0.05, 0.1) is 39.8 Å². The molecule has 0 bridgehead atoms. The van der Waals surface area contributed by atoms with Crippen LogP contribution in [0.25, 0.3) is 16.6 Å². The lowest BCUT2D eigenvalue weighted by Gasteiger charge is -2.42. The first kappa shape index (κ1) is 26.2. The van der Waals surface area contributed by atoms with Crippen LogP contribution in [0.2, 0.25) is 10.0 Å². The van der Waals surface area contributed by atoms with Crippen LogP contribution in [0.4, 0.5) is 0 Å². The number of aromatic nitrogens is 2. The Morgan fingerprint density at radius 1 is 1.03 bits per heavy atom. The summed E-state index contributed by atoms with van der Waals surface area (Å²) in [5.74, 6) is 1.12. The van der Waals surface area contributed by atoms with Crippen LogP contribution in [0.5, 0.6) is 5.75 Å². The number of ether oxygens (including phenoxy) is 1. The Bertz CT molecular complexity index is 1570. The molecule has 1 fully saturated rings. The summed E-state index contributed by atoms with van der Waals surface area (Å²) in [6, 6.07) is 19.5. The predicted octanol–water partition coefficient (Wildman–Crippen LogP) is 5.61. The van der Waals surface area contributed by atoms with Crippen molar-refractivity contribution in [1.29, 1.82) is 0 Å². The minimum absolute atomic E-state index is 0.0694. The molecule has 2 unspecified atom stereocenters. The first-order chi connectivity index (χ1) is 18.3. The van der Waals surface area contributed by atoms with Crippen LogP contribution in [0.3, 0.4) is 0 Å². The second kappa shape index (κ2) is 10.8. The molecule has 38 heavy (non-hydrogen) atoms. The van der Waals surface area contributed by atoms with Crippen LogP contribution in [0, 0.1) is 0 Å². The first-order valence-corrected chi connectivity index (χ1v) is 13.2.